The highest BCUT2D eigenvalue weighted by Gasteiger charge is 2.20. The molecule has 0 bridgehead atoms. The predicted octanol–water partition coefficient (Wildman–Crippen LogP) is 3.62. The highest BCUT2D eigenvalue weighted by Crippen LogP contribution is 2.30. The molecule has 1 aromatic carbocycles. The normalized spacial score (nSPS) is 10.9. The van der Waals surface area contributed by atoms with Crippen LogP contribution < -0.4 is 10.4 Å². The molecule has 0 amide bonds. The lowest BCUT2D eigenvalue weighted by atomic mass is 10.1. The standard InChI is InChI=1S/C16H12BrClFN3O2/c1-9-8-20-21(15(9)18)13-7-12(17)16(23)22(24-2)14(13)10-3-5-11(19)6-4-10/h3-8H,1-2H3. The molecule has 0 radical (unpaired) electrons. The topological polar surface area (TPSA) is 49.0 Å². The van der Waals surface area contributed by atoms with E-state index in [-0.39, 0.29) is 15.8 Å². The Morgan fingerprint density at radius 1 is 1.29 bits per heavy atom. The van der Waals surface area contributed by atoms with Gasteiger partial charge in [-0.1, -0.05) is 11.6 Å². The van der Waals surface area contributed by atoms with E-state index in [0.29, 0.717) is 22.1 Å². The minimum absolute atomic E-state index is 0.287. The first-order valence-electron chi connectivity index (χ1n) is 6.90. The summed E-state index contributed by atoms with van der Waals surface area (Å²) in [5.74, 6) is -0.378. The van der Waals surface area contributed by atoms with Gasteiger partial charge in [0.15, 0.2) is 0 Å². The van der Waals surface area contributed by atoms with Crippen molar-refractivity contribution in [3.8, 4) is 16.9 Å². The van der Waals surface area contributed by atoms with E-state index in [4.69, 9.17) is 16.4 Å². The Hall–Kier alpha value is -2.12. The quantitative estimate of drug-likeness (QED) is 0.660. The van der Waals surface area contributed by atoms with Gasteiger partial charge in [0.2, 0.25) is 0 Å². The predicted molar refractivity (Wildman–Crippen MR) is 93.2 cm³/mol. The highest BCUT2D eigenvalue weighted by atomic mass is 79.9. The number of hydrogen-bond acceptors (Lipinski definition) is 3. The number of rotatable bonds is 3. The molecular weight excluding hydrogens is 401 g/mol. The molecule has 3 rings (SSSR count). The zero-order chi connectivity index (χ0) is 17.4. The van der Waals surface area contributed by atoms with Crippen molar-refractivity contribution in [1.82, 2.24) is 14.5 Å². The lowest BCUT2D eigenvalue weighted by Crippen LogP contribution is -2.28. The lowest BCUT2D eigenvalue weighted by Gasteiger charge is -2.17. The molecule has 0 N–H and O–H groups in total. The fourth-order valence-electron chi connectivity index (χ4n) is 2.34. The summed E-state index contributed by atoms with van der Waals surface area (Å²) in [5.41, 5.74) is 1.92. The number of pyridine rings is 1. The Kier molecular flexibility index (Phi) is 4.47. The second-order valence-corrected chi connectivity index (χ2v) is 6.26. The number of aryl methyl sites for hydroxylation is 1. The molecule has 2 aromatic heterocycles. The van der Waals surface area contributed by atoms with Gasteiger partial charge in [0.25, 0.3) is 5.56 Å². The van der Waals surface area contributed by atoms with Crippen LogP contribution in [0.15, 0.2) is 45.8 Å². The zero-order valence-corrected chi connectivity index (χ0v) is 15.1. The number of halogens is 3. The van der Waals surface area contributed by atoms with E-state index in [2.05, 4.69) is 21.0 Å². The molecule has 0 aliphatic rings. The molecule has 0 atom stereocenters. The monoisotopic (exact) mass is 411 g/mol. The molecule has 0 aliphatic carbocycles. The maximum atomic E-state index is 13.3. The second kappa shape index (κ2) is 6.41. The average Bonchev–Trinajstić information content (AvgIpc) is 2.90. The molecule has 5 nitrogen and oxygen atoms in total. The van der Waals surface area contributed by atoms with Crippen LogP contribution in [-0.2, 0) is 0 Å². The fourth-order valence-corrected chi connectivity index (χ4v) is 2.91. The summed E-state index contributed by atoms with van der Waals surface area (Å²) >= 11 is 9.54. The Balaban J connectivity index is 2.40. The molecule has 124 valence electrons. The SMILES string of the molecule is COn1c(-c2ccc(F)cc2)c(-n2ncc(C)c2Cl)cc(Br)c1=O. The van der Waals surface area contributed by atoms with Crippen LogP contribution in [0.4, 0.5) is 4.39 Å². The fraction of sp³-hybridized carbons (Fsp3) is 0.125. The third-order valence-electron chi connectivity index (χ3n) is 3.50. The molecule has 8 heteroatoms. The number of aromatic nitrogens is 3. The summed E-state index contributed by atoms with van der Waals surface area (Å²) in [7, 11) is 1.38. The minimum Gasteiger partial charge on any atom is -0.413 e. The zero-order valence-electron chi connectivity index (χ0n) is 12.8. The Labute approximate surface area is 150 Å². The Morgan fingerprint density at radius 2 is 1.96 bits per heavy atom. The first kappa shape index (κ1) is 16.7. The largest absolute Gasteiger partial charge is 0.413 e. The summed E-state index contributed by atoms with van der Waals surface area (Å²) in [6.07, 6.45) is 1.62. The van der Waals surface area contributed by atoms with E-state index >= 15 is 0 Å². The number of benzene rings is 1. The van der Waals surface area contributed by atoms with Gasteiger partial charge in [0, 0.05) is 11.1 Å². The highest BCUT2D eigenvalue weighted by molar-refractivity contribution is 9.10. The molecule has 0 unspecified atom stereocenters. The van der Waals surface area contributed by atoms with E-state index < -0.39 is 0 Å². The summed E-state index contributed by atoms with van der Waals surface area (Å²) in [5, 5.41) is 4.66. The van der Waals surface area contributed by atoms with Crippen molar-refractivity contribution in [3.05, 3.63) is 67.9 Å². The lowest BCUT2D eigenvalue weighted by molar-refractivity contribution is 0.160. The molecule has 0 saturated heterocycles. The molecule has 0 aliphatic heterocycles. The smallest absolute Gasteiger partial charge is 0.298 e. The van der Waals surface area contributed by atoms with Gasteiger partial charge in [-0.15, -0.1) is 4.73 Å². The van der Waals surface area contributed by atoms with Crippen LogP contribution in [0, 0.1) is 12.7 Å². The van der Waals surface area contributed by atoms with Crippen LogP contribution in [0.25, 0.3) is 16.9 Å². The van der Waals surface area contributed by atoms with Gasteiger partial charge in [0.1, 0.15) is 23.8 Å². The van der Waals surface area contributed by atoms with Gasteiger partial charge in [-0.25, -0.2) is 9.07 Å². The molecule has 3 aromatic rings. The van der Waals surface area contributed by atoms with Gasteiger partial charge in [0.05, 0.1) is 16.4 Å². The molecule has 2 heterocycles. The third kappa shape index (κ3) is 2.74. The van der Waals surface area contributed by atoms with Crippen molar-refractivity contribution in [1.29, 1.82) is 0 Å². The van der Waals surface area contributed by atoms with E-state index in [1.165, 1.54) is 23.9 Å². The molecule has 0 spiro atoms. The second-order valence-electron chi connectivity index (χ2n) is 5.05. The van der Waals surface area contributed by atoms with Crippen molar-refractivity contribution in [3.63, 3.8) is 0 Å². The van der Waals surface area contributed by atoms with Crippen molar-refractivity contribution in [2.24, 2.45) is 0 Å². The van der Waals surface area contributed by atoms with Crippen LogP contribution in [-0.4, -0.2) is 21.6 Å². The van der Waals surface area contributed by atoms with Crippen molar-refractivity contribution in [2.45, 2.75) is 6.92 Å². The maximum absolute atomic E-state index is 13.3. The average molecular weight is 413 g/mol. The molecular formula is C16H12BrClFN3O2. The molecule has 0 saturated carbocycles. The van der Waals surface area contributed by atoms with Crippen molar-refractivity contribution < 1.29 is 9.23 Å². The minimum atomic E-state index is -0.388. The van der Waals surface area contributed by atoms with Crippen LogP contribution in [0.1, 0.15) is 5.56 Å². The van der Waals surface area contributed by atoms with E-state index in [1.807, 2.05) is 6.92 Å². The van der Waals surface area contributed by atoms with E-state index in [0.717, 1.165) is 10.3 Å². The third-order valence-corrected chi connectivity index (χ3v) is 4.53. The summed E-state index contributed by atoms with van der Waals surface area (Å²) < 4.78 is 16.2. The van der Waals surface area contributed by atoms with Crippen LogP contribution in [0.2, 0.25) is 5.15 Å². The van der Waals surface area contributed by atoms with Crippen molar-refractivity contribution in [2.75, 3.05) is 7.11 Å². The maximum Gasteiger partial charge on any atom is 0.298 e. The van der Waals surface area contributed by atoms with E-state index in [9.17, 15) is 9.18 Å². The summed E-state index contributed by atoms with van der Waals surface area (Å²) in [6, 6.07) is 7.33. The van der Waals surface area contributed by atoms with E-state index in [1.54, 1.807) is 24.4 Å². The van der Waals surface area contributed by atoms with Gasteiger partial charge in [-0.05, 0) is 53.2 Å². The van der Waals surface area contributed by atoms with Gasteiger partial charge >= 0.3 is 0 Å². The molecule has 0 fully saturated rings. The van der Waals surface area contributed by atoms with Crippen LogP contribution in [0.3, 0.4) is 0 Å². The van der Waals surface area contributed by atoms with Gasteiger partial charge < -0.3 is 4.84 Å². The number of hydrogen-bond donors (Lipinski definition) is 0. The van der Waals surface area contributed by atoms with Crippen LogP contribution in [0.5, 0.6) is 0 Å². The van der Waals surface area contributed by atoms with Gasteiger partial charge in [-0.3, -0.25) is 4.79 Å². The first-order valence-corrected chi connectivity index (χ1v) is 8.07. The summed E-state index contributed by atoms with van der Waals surface area (Å²) in [6.45, 7) is 1.82. The van der Waals surface area contributed by atoms with Gasteiger partial charge in [-0.2, -0.15) is 5.10 Å². The van der Waals surface area contributed by atoms with Crippen LogP contribution >= 0.6 is 27.5 Å². The first-order chi connectivity index (χ1) is 11.4. The van der Waals surface area contributed by atoms with Crippen molar-refractivity contribution >= 4 is 27.5 Å². The number of nitrogens with zero attached hydrogens (tertiary/aromatic N) is 3. The molecule has 24 heavy (non-hydrogen) atoms. The Morgan fingerprint density at radius 3 is 2.50 bits per heavy atom. The Bertz CT molecular complexity index is 967. The summed E-state index contributed by atoms with van der Waals surface area (Å²) in [4.78, 5) is 17.6.